The summed E-state index contributed by atoms with van der Waals surface area (Å²) in [6.45, 7) is 4.51. The van der Waals surface area contributed by atoms with Crippen molar-refractivity contribution in [1.29, 1.82) is 0 Å². The van der Waals surface area contributed by atoms with Gasteiger partial charge in [0.25, 0.3) is 0 Å². The second-order valence-electron chi connectivity index (χ2n) is 6.88. The van der Waals surface area contributed by atoms with Crippen LogP contribution in [-0.4, -0.2) is 16.3 Å². The Labute approximate surface area is 123 Å². The second kappa shape index (κ2) is 6.75. The molecule has 2 unspecified atom stereocenters. The maximum atomic E-state index is 4.75. The molecular formula is C17H29N3. The predicted molar refractivity (Wildman–Crippen MR) is 82.6 cm³/mol. The summed E-state index contributed by atoms with van der Waals surface area (Å²) in [4.78, 5) is 0. The molecule has 0 radical (unpaired) electrons. The van der Waals surface area contributed by atoms with Crippen molar-refractivity contribution in [2.24, 2.45) is 11.8 Å². The number of nitrogens with zero attached hydrogens (tertiary/aromatic N) is 2. The van der Waals surface area contributed by atoms with Crippen LogP contribution in [0.15, 0.2) is 12.3 Å². The molecule has 1 aromatic rings. The molecule has 2 saturated carbocycles. The van der Waals surface area contributed by atoms with Crippen LogP contribution >= 0.6 is 0 Å². The number of rotatable bonds is 5. The van der Waals surface area contributed by atoms with Crippen LogP contribution in [0.2, 0.25) is 0 Å². The minimum absolute atomic E-state index is 0.669. The zero-order valence-electron chi connectivity index (χ0n) is 12.9. The fourth-order valence-electron chi connectivity index (χ4n) is 3.93. The molecule has 1 N–H and O–H groups in total. The molecule has 0 bridgehead atoms. The summed E-state index contributed by atoms with van der Waals surface area (Å²) in [6, 6.07) is 2.86. The Morgan fingerprint density at radius 2 is 1.90 bits per heavy atom. The third kappa shape index (κ3) is 3.43. The minimum Gasteiger partial charge on any atom is -0.311 e. The van der Waals surface area contributed by atoms with Gasteiger partial charge in [-0.1, -0.05) is 39.0 Å². The highest BCUT2D eigenvalue weighted by Crippen LogP contribution is 2.29. The van der Waals surface area contributed by atoms with E-state index in [-0.39, 0.29) is 0 Å². The minimum atomic E-state index is 0.669. The molecule has 1 heterocycles. The molecule has 20 heavy (non-hydrogen) atoms. The average molecular weight is 275 g/mol. The van der Waals surface area contributed by atoms with Crippen molar-refractivity contribution in [1.82, 2.24) is 15.1 Å². The third-order valence-corrected chi connectivity index (χ3v) is 5.36. The van der Waals surface area contributed by atoms with E-state index in [1.165, 1.54) is 57.1 Å². The molecule has 2 atom stereocenters. The van der Waals surface area contributed by atoms with Gasteiger partial charge in [-0.15, -0.1) is 0 Å². The molecule has 3 heteroatoms. The van der Waals surface area contributed by atoms with Crippen LogP contribution in [0, 0.1) is 11.8 Å². The Kier molecular flexibility index (Phi) is 4.77. The highest BCUT2D eigenvalue weighted by Gasteiger charge is 2.21. The summed E-state index contributed by atoms with van der Waals surface area (Å²) in [5, 5.41) is 8.38. The lowest BCUT2D eigenvalue weighted by Gasteiger charge is -2.28. The van der Waals surface area contributed by atoms with E-state index in [9.17, 15) is 0 Å². The first-order chi connectivity index (χ1) is 9.83. The molecule has 0 spiro atoms. The van der Waals surface area contributed by atoms with Crippen LogP contribution < -0.4 is 5.32 Å². The van der Waals surface area contributed by atoms with Gasteiger partial charge in [-0.3, -0.25) is 4.68 Å². The Morgan fingerprint density at radius 1 is 1.15 bits per heavy atom. The fraction of sp³-hybridized carbons (Fsp3) is 0.824. The molecule has 2 aliphatic rings. The number of hydrogen-bond acceptors (Lipinski definition) is 2. The smallest absolute Gasteiger partial charge is 0.0762 e. The zero-order chi connectivity index (χ0) is 13.8. The van der Waals surface area contributed by atoms with E-state index in [1.54, 1.807) is 0 Å². The van der Waals surface area contributed by atoms with Crippen molar-refractivity contribution in [2.45, 2.75) is 70.9 Å². The van der Waals surface area contributed by atoms with Crippen LogP contribution in [0.5, 0.6) is 0 Å². The standard InChI is InChI=1S/C17H29N3/c1-14-6-2-3-7-15(14)12-18-13-16-10-11-20(19-16)17-8-4-5-9-17/h10-11,14-15,17-18H,2-9,12-13H2,1H3. The van der Waals surface area contributed by atoms with Gasteiger partial charge in [0.05, 0.1) is 11.7 Å². The van der Waals surface area contributed by atoms with Gasteiger partial charge in [0.1, 0.15) is 0 Å². The Bertz CT molecular complexity index is 406. The molecule has 2 fully saturated rings. The van der Waals surface area contributed by atoms with Crippen molar-refractivity contribution in [3.8, 4) is 0 Å². The van der Waals surface area contributed by atoms with E-state index in [2.05, 4.69) is 29.2 Å². The van der Waals surface area contributed by atoms with Crippen LogP contribution in [0.1, 0.15) is 70.0 Å². The third-order valence-electron chi connectivity index (χ3n) is 5.36. The van der Waals surface area contributed by atoms with E-state index in [1.807, 2.05) is 0 Å². The van der Waals surface area contributed by atoms with Crippen molar-refractivity contribution in [3.63, 3.8) is 0 Å². The first-order valence-electron chi connectivity index (χ1n) is 8.57. The van der Waals surface area contributed by atoms with E-state index >= 15 is 0 Å². The van der Waals surface area contributed by atoms with Crippen molar-refractivity contribution < 1.29 is 0 Å². The summed E-state index contributed by atoms with van der Waals surface area (Å²) >= 11 is 0. The van der Waals surface area contributed by atoms with Crippen LogP contribution in [0.25, 0.3) is 0 Å². The lowest BCUT2D eigenvalue weighted by molar-refractivity contribution is 0.247. The molecular weight excluding hydrogens is 246 g/mol. The van der Waals surface area contributed by atoms with Crippen LogP contribution in [0.4, 0.5) is 0 Å². The first-order valence-corrected chi connectivity index (χ1v) is 8.57. The quantitative estimate of drug-likeness (QED) is 0.883. The molecule has 3 rings (SSSR count). The maximum Gasteiger partial charge on any atom is 0.0762 e. The Morgan fingerprint density at radius 3 is 2.70 bits per heavy atom. The van der Waals surface area contributed by atoms with Gasteiger partial charge in [-0.2, -0.15) is 5.10 Å². The van der Waals surface area contributed by atoms with Crippen molar-refractivity contribution in [2.75, 3.05) is 6.54 Å². The maximum absolute atomic E-state index is 4.75. The molecule has 0 saturated heterocycles. The van der Waals surface area contributed by atoms with Gasteiger partial charge < -0.3 is 5.32 Å². The number of hydrogen-bond donors (Lipinski definition) is 1. The topological polar surface area (TPSA) is 29.9 Å². The molecule has 1 aromatic heterocycles. The summed E-state index contributed by atoms with van der Waals surface area (Å²) in [7, 11) is 0. The molecule has 3 nitrogen and oxygen atoms in total. The fourth-order valence-corrected chi connectivity index (χ4v) is 3.93. The summed E-state index contributed by atoms with van der Waals surface area (Å²) < 4.78 is 2.20. The molecule has 0 aliphatic heterocycles. The molecule has 2 aliphatic carbocycles. The van der Waals surface area contributed by atoms with E-state index in [0.717, 1.165) is 24.9 Å². The van der Waals surface area contributed by atoms with Gasteiger partial charge in [0, 0.05) is 12.7 Å². The van der Waals surface area contributed by atoms with Gasteiger partial charge in [0.2, 0.25) is 0 Å². The Hall–Kier alpha value is -0.830. The normalized spacial score (nSPS) is 28.1. The average Bonchev–Trinajstić information content (AvgIpc) is 3.11. The lowest BCUT2D eigenvalue weighted by Crippen LogP contribution is -2.29. The molecule has 112 valence electrons. The largest absolute Gasteiger partial charge is 0.311 e. The second-order valence-corrected chi connectivity index (χ2v) is 6.88. The van der Waals surface area contributed by atoms with E-state index in [4.69, 9.17) is 5.10 Å². The number of aromatic nitrogens is 2. The highest BCUT2D eigenvalue weighted by molar-refractivity contribution is 5.00. The van der Waals surface area contributed by atoms with E-state index < -0.39 is 0 Å². The number of nitrogens with one attached hydrogen (secondary N) is 1. The van der Waals surface area contributed by atoms with Gasteiger partial charge in [0.15, 0.2) is 0 Å². The highest BCUT2D eigenvalue weighted by atomic mass is 15.3. The van der Waals surface area contributed by atoms with Crippen LogP contribution in [-0.2, 0) is 6.54 Å². The monoisotopic (exact) mass is 275 g/mol. The van der Waals surface area contributed by atoms with Gasteiger partial charge in [-0.05, 0) is 43.7 Å². The summed E-state index contributed by atoms with van der Waals surface area (Å²) in [5.74, 6) is 1.77. The summed E-state index contributed by atoms with van der Waals surface area (Å²) in [6.07, 6.45) is 13.2. The zero-order valence-corrected chi connectivity index (χ0v) is 12.9. The lowest BCUT2D eigenvalue weighted by atomic mass is 9.80. The Balaban J connectivity index is 1.44. The van der Waals surface area contributed by atoms with Crippen molar-refractivity contribution in [3.05, 3.63) is 18.0 Å². The van der Waals surface area contributed by atoms with Crippen LogP contribution in [0.3, 0.4) is 0 Å². The predicted octanol–water partition coefficient (Wildman–Crippen LogP) is 3.91. The molecule has 0 aromatic carbocycles. The first kappa shape index (κ1) is 14.1. The van der Waals surface area contributed by atoms with Gasteiger partial charge in [-0.25, -0.2) is 0 Å². The SMILES string of the molecule is CC1CCCCC1CNCc1ccn(C2CCCC2)n1. The van der Waals surface area contributed by atoms with E-state index in [0.29, 0.717) is 6.04 Å². The van der Waals surface area contributed by atoms with Gasteiger partial charge >= 0.3 is 0 Å². The van der Waals surface area contributed by atoms with Crippen molar-refractivity contribution >= 4 is 0 Å². The summed E-state index contributed by atoms with van der Waals surface area (Å²) in [5.41, 5.74) is 1.21. The molecule has 0 amide bonds.